The number of aryl methyl sites for hydroxylation is 2. The smallest absolute Gasteiger partial charge is 0.260 e. The molecule has 1 aromatic heterocycles. The molecular formula is C23H24ClN3O3. The molecule has 0 radical (unpaired) electrons. The molecule has 0 aliphatic carbocycles. The maximum absolute atomic E-state index is 12.5. The molecule has 6 nitrogen and oxygen atoms in total. The minimum atomic E-state index is -0.0174. The molecular weight excluding hydrogens is 402 g/mol. The number of carbonyl (C=O) groups excluding carboxylic acids is 1. The van der Waals surface area contributed by atoms with Gasteiger partial charge in [0.1, 0.15) is 5.75 Å². The molecule has 0 spiro atoms. The van der Waals surface area contributed by atoms with Gasteiger partial charge in [-0.1, -0.05) is 34.5 Å². The summed E-state index contributed by atoms with van der Waals surface area (Å²) in [6.07, 6.45) is 1.61. The van der Waals surface area contributed by atoms with Crippen LogP contribution < -0.4 is 4.74 Å². The molecule has 1 aliphatic rings. The van der Waals surface area contributed by atoms with Gasteiger partial charge in [-0.2, -0.15) is 4.98 Å². The Bertz CT molecular complexity index is 1020. The van der Waals surface area contributed by atoms with Gasteiger partial charge in [-0.15, -0.1) is 0 Å². The van der Waals surface area contributed by atoms with Crippen LogP contribution in [0.15, 0.2) is 47.0 Å². The van der Waals surface area contributed by atoms with E-state index in [-0.39, 0.29) is 18.4 Å². The summed E-state index contributed by atoms with van der Waals surface area (Å²) in [6.45, 7) is 5.28. The number of nitrogens with zero attached hydrogens (tertiary/aromatic N) is 3. The van der Waals surface area contributed by atoms with Crippen molar-refractivity contribution in [2.75, 3.05) is 19.7 Å². The van der Waals surface area contributed by atoms with E-state index < -0.39 is 0 Å². The highest BCUT2D eigenvalue weighted by Gasteiger charge is 2.27. The van der Waals surface area contributed by atoms with Crippen LogP contribution in [-0.4, -0.2) is 40.6 Å². The summed E-state index contributed by atoms with van der Waals surface area (Å²) in [6, 6.07) is 13.4. The summed E-state index contributed by atoms with van der Waals surface area (Å²) < 4.78 is 11.1. The van der Waals surface area contributed by atoms with Gasteiger partial charge in [-0.05, 0) is 62.6 Å². The zero-order valence-electron chi connectivity index (χ0n) is 17.1. The van der Waals surface area contributed by atoms with E-state index in [4.69, 9.17) is 20.9 Å². The molecule has 0 N–H and O–H groups in total. The first-order chi connectivity index (χ1) is 14.5. The second-order valence-electron chi connectivity index (χ2n) is 7.68. The van der Waals surface area contributed by atoms with Gasteiger partial charge >= 0.3 is 0 Å². The van der Waals surface area contributed by atoms with Gasteiger partial charge in [0.25, 0.3) is 11.8 Å². The third-order valence-electron chi connectivity index (χ3n) is 5.44. The summed E-state index contributed by atoms with van der Waals surface area (Å²) in [7, 11) is 0. The molecule has 0 saturated carbocycles. The zero-order chi connectivity index (χ0) is 21.1. The number of piperidine rings is 1. The second kappa shape index (κ2) is 8.88. The number of rotatable bonds is 5. The molecule has 1 aliphatic heterocycles. The Hall–Kier alpha value is -2.86. The van der Waals surface area contributed by atoms with Gasteiger partial charge in [-0.3, -0.25) is 4.79 Å². The van der Waals surface area contributed by atoms with Crippen molar-refractivity contribution in [1.82, 2.24) is 15.0 Å². The van der Waals surface area contributed by atoms with Crippen LogP contribution in [-0.2, 0) is 4.79 Å². The van der Waals surface area contributed by atoms with Crippen LogP contribution in [0.2, 0.25) is 5.02 Å². The van der Waals surface area contributed by atoms with E-state index in [1.807, 2.05) is 49.1 Å². The highest BCUT2D eigenvalue weighted by molar-refractivity contribution is 6.30. The van der Waals surface area contributed by atoms with Crippen LogP contribution in [0.3, 0.4) is 0 Å². The van der Waals surface area contributed by atoms with Gasteiger partial charge in [0.15, 0.2) is 12.4 Å². The van der Waals surface area contributed by atoms with Crippen molar-refractivity contribution in [2.24, 2.45) is 0 Å². The molecule has 156 valence electrons. The van der Waals surface area contributed by atoms with Crippen molar-refractivity contribution < 1.29 is 14.1 Å². The highest BCUT2D eigenvalue weighted by atomic mass is 35.5. The molecule has 2 heterocycles. The lowest BCUT2D eigenvalue weighted by atomic mass is 9.96. The number of amides is 1. The lowest BCUT2D eigenvalue weighted by Gasteiger charge is -2.30. The van der Waals surface area contributed by atoms with E-state index in [0.717, 1.165) is 24.0 Å². The lowest BCUT2D eigenvalue weighted by Crippen LogP contribution is -2.40. The molecule has 1 saturated heterocycles. The topological polar surface area (TPSA) is 68.5 Å². The van der Waals surface area contributed by atoms with Gasteiger partial charge in [-0.25, -0.2) is 0 Å². The predicted molar refractivity (Wildman–Crippen MR) is 115 cm³/mol. The minimum Gasteiger partial charge on any atom is -0.483 e. The van der Waals surface area contributed by atoms with Crippen molar-refractivity contribution in [3.8, 4) is 17.2 Å². The Morgan fingerprint density at radius 3 is 2.60 bits per heavy atom. The average Bonchev–Trinajstić information content (AvgIpc) is 3.24. The molecule has 4 rings (SSSR count). The first-order valence-electron chi connectivity index (χ1n) is 10.1. The van der Waals surface area contributed by atoms with E-state index in [2.05, 4.69) is 10.1 Å². The normalized spacial score (nSPS) is 14.7. The molecule has 30 heavy (non-hydrogen) atoms. The highest BCUT2D eigenvalue weighted by Crippen LogP contribution is 2.28. The standard InChI is InChI=1S/C23H24ClN3O3/c1-15-3-5-18(6-4-15)23-25-22(26-30-23)17-9-11-27(12-10-17)21(28)14-29-20-8-7-19(24)13-16(20)2/h3-8,13,17H,9-12,14H2,1-2H3. The number of hydrogen-bond acceptors (Lipinski definition) is 5. The van der Waals surface area contributed by atoms with E-state index in [0.29, 0.717) is 35.6 Å². The molecule has 1 amide bonds. The first kappa shape index (κ1) is 20.4. The zero-order valence-corrected chi connectivity index (χ0v) is 17.9. The Morgan fingerprint density at radius 2 is 1.90 bits per heavy atom. The third kappa shape index (κ3) is 4.65. The first-order valence-corrected chi connectivity index (χ1v) is 10.4. The maximum Gasteiger partial charge on any atom is 0.260 e. The molecule has 0 unspecified atom stereocenters. The summed E-state index contributed by atoms with van der Waals surface area (Å²) in [5.74, 6) is 2.10. The van der Waals surface area contributed by atoms with Crippen molar-refractivity contribution in [1.29, 1.82) is 0 Å². The van der Waals surface area contributed by atoms with E-state index in [1.165, 1.54) is 5.56 Å². The summed E-state index contributed by atoms with van der Waals surface area (Å²) >= 11 is 5.96. The van der Waals surface area contributed by atoms with Gasteiger partial charge < -0.3 is 14.2 Å². The fourth-order valence-corrected chi connectivity index (χ4v) is 3.83. The fourth-order valence-electron chi connectivity index (χ4n) is 3.61. The number of benzene rings is 2. The Kier molecular flexibility index (Phi) is 6.04. The Labute approximate surface area is 180 Å². The number of likely N-dealkylation sites (tertiary alicyclic amines) is 1. The minimum absolute atomic E-state index is 0.0174. The monoisotopic (exact) mass is 425 g/mol. The largest absolute Gasteiger partial charge is 0.483 e. The van der Waals surface area contributed by atoms with Crippen LogP contribution in [0, 0.1) is 13.8 Å². The van der Waals surface area contributed by atoms with Crippen LogP contribution in [0.25, 0.3) is 11.5 Å². The summed E-state index contributed by atoms with van der Waals surface area (Å²) in [5.41, 5.74) is 3.02. The van der Waals surface area contributed by atoms with E-state index in [9.17, 15) is 4.79 Å². The second-order valence-corrected chi connectivity index (χ2v) is 8.11. The SMILES string of the molecule is Cc1ccc(-c2nc(C3CCN(C(=O)COc4ccc(Cl)cc4C)CC3)no2)cc1. The lowest BCUT2D eigenvalue weighted by molar-refractivity contribution is -0.134. The third-order valence-corrected chi connectivity index (χ3v) is 5.68. The quantitative estimate of drug-likeness (QED) is 0.587. The summed E-state index contributed by atoms with van der Waals surface area (Å²) in [5, 5.41) is 4.83. The van der Waals surface area contributed by atoms with E-state index in [1.54, 1.807) is 12.1 Å². The summed E-state index contributed by atoms with van der Waals surface area (Å²) in [4.78, 5) is 19.0. The van der Waals surface area contributed by atoms with Gasteiger partial charge in [0.05, 0.1) is 0 Å². The average molecular weight is 426 g/mol. The fraction of sp³-hybridized carbons (Fsp3) is 0.348. The van der Waals surface area contributed by atoms with Crippen LogP contribution in [0.4, 0.5) is 0 Å². The van der Waals surface area contributed by atoms with Crippen LogP contribution in [0.5, 0.6) is 5.75 Å². The predicted octanol–water partition coefficient (Wildman–Crippen LogP) is 4.79. The maximum atomic E-state index is 12.5. The molecule has 3 aromatic rings. The number of carbonyl (C=O) groups is 1. The number of hydrogen-bond donors (Lipinski definition) is 0. The molecule has 0 bridgehead atoms. The van der Waals surface area contributed by atoms with Crippen LogP contribution >= 0.6 is 11.6 Å². The van der Waals surface area contributed by atoms with Gasteiger partial charge in [0, 0.05) is 29.6 Å². The van der Waals surface area contributed by atoms with Crippen molar-refractivity contribution in [2.45, 2.75) is 32.6 Å². The van der Waals surface area contributed by atoms with Crippen molar-refractivity contribution >= 4 is 17.5 Å². The van der Waals surface area contributed by atoms with E-state index >= 15 is 0 Å². The molecule has 2 aromatic carbocycles. The molecule has 0 atom stereocenters. The Balaban J connectivity index is 1.30. The Morgan fingerprint density at radius 1 is 1.17 bits per heavy atom. The number of ether oxygens (including phenoxy) is 1. The van der Waals surface area contributed by atoms with Crippen LogP contribution in [0.1, 0.15) is 35.7 Å². The number of halogens is 1. The molecule has 1 fully saturated rings. The number of aromatic nitrogens is 2. The van der Waals surface area contributed by atoms with Crippen molar-refractivity contribution in [3.63, 3.8) is 0 Å². The van der Waals surface area contributed by atoms with Gasteiger partial charge in [0.2, 0.25) is 0 Å². The van der Waals surface area contributed by atoms with Crippen molar-refractivity contribution in [3.05, 3.63) is 64.4 Å². The molecule has 7 heteroatoms.